The minimum absolute atomic E-state index is 0.179. The number of ether oxygens (including phenoxy) is 2. The highest BCUT2D eigenvalue weighted by Crippen LogP contribution is 2.11. The van der Waals surface area contributed by atoms with Gasteiger partial charge < -0.3 is 9.47 Å². The van der Waals surface area contributed by atoms with Gasteiger partial charge in [0.15, 0.2) is 0 Å². The fourth-order valence-corrected chi connectivity index (χ4v) is 1.53. The van der Waals surface area contributed by atoms with Gasteiger partial charge in [0.05, 0.1) is 18.5 Å². The molecule has 2 aromatic rings. The zero-order valence-electron chi connectivity index (χ0n) is 11.4. The summed E-state index contributed by atoms with van der Waals surface area (Å²) in [6.07, 6.45) is 0.727. The molecule has 0 aliphatic heterocycles. The molecule has 1 heterocycles. The molecule has 6 nitrogen and oxygen atoms in total. The largest absolute Gasteiger partial charge is 0.461 e. The van der Waals surface area contributed by atoms with Crippen LogP contribution in [0.1, 0.15) is 17.4 Å². The summed E-state index contributed by atoms with van der Waals surface area (Å²) in [6.45, 7) is 2.00. The van der Waals surface area contributed by atoms with E-state index in [9.17, 15) is 9.59 Å². The number of pyridine rings is 1. The molecule has 108 valence electrons. The molecule has 1 aromatic carbocycles. The van der Waals surface area contributed by atoms with Crippen LogP contribution in [0.25, 0.3) is 0 Å². The van der Waals surface area contributed by atoms with Crippen molar-refractivity contribution in [3.05, 3.63) is 54.4 Å². The summed E-state index contributed by atoms with van der Waals surface area (Å²) >= 11 is 0. The second kappa shape index (κ2) is 7.04. The minimum Gasteiger partial charge on any atom is -0.461 e. The highest BCUT2D eigenvalue weighted by atomic mass is 16.6. The lowest BCUT2D eigenvalue weighted by atomic mass is 10.3. The van der Waals surface area contributed by atoms with E-state index in [2.05, 4.69) is 10.3 Å². The first-order chi connectivity index (χ1) is 10.2. The van der Waals surface area contributed by atoms with E-state index in [4.69, 9.17) is 9.47 Å². The maximum Gasteiger partial charge on any atom is 0.417 e. The topological polar surface area (TPSA) is 77.5 Å². The van der Waals surface area contributed by atoms with E-state index < -0.39 is 12.1 Å². The molecule has 1 aromatic heterocycles. The highest BCUT2D eigenvalue weighted by Gasteiger charge is 2.09. The smallest absolute Gasteiger partial charge is 0.417 e. The number of esters is 1. The van der Waals surface area contributed by atoms with E-state index in [1.54, 1.807) is 37.3 Å². The Kier molecular flexibility index (Phi) is 4.87. The molecular formula is C15H14N2O4. The Morgan fingerprint density at radius 2 is 1.90 bits per heavy atom. The Bertz CT molecular complexity index is 611. The normalized spacial score (nSPS) is 9.76. The Labute approximate surface area is 121 Å². The number of anilines is 1. The number of rotatable bonds is 4. The van der Waals surface area contributed by atoms with Crippen LogP contribution in [0.5, 0.6) is 5.75 Å². The van der Waals surface area contributed by atoms with Gasteiger partial charge in [-0.1, -0.05) is 18.2 Å². The van der Waals surface area contributed by atoms with Crippen molar-refractivity contribution in [1.29, 1.82) is 0 Å². The molecule has 1 amide bonds. The van der Waals surface area contributed by atoms with Crippen molar-refractivity contribution in [3.63, 3.8) is 0 Å². The van der Waals surface area contributed by atoms with Gasteiger partial charge in [-0.3, -0.25) is 5.32 Å². The van der Waals surface area contributed by atoms with E-state index in [0.717, 1.165) is 0 Å². The summed E-state index contributed by atoms with van der Waals surface area (Å²) in [5.41, 5.74) is 0.600. The molecule has 6 heteroatoms. The van der Waals surface area contributed by atoms with Crippen molar-refractivity contribution in [2.45, 2.75) is 6.92 Å². The first-order valence-corrected chi connectivity index (χ1v) is 6.36. The van der Waals surface area contributed by atoms with Gasteiger partial charge >= 0.3 is 12.1 Å². The summed E-state index contributed by atoms with van der Waals surface area (Å²) < 4.78 is 9.88. The van der Waals surface area contributed by atoms with E-state index in [1.807, 2.05) is 6.07 Å². The van der Waals surface area contributed by atoms with E-state index in [1.165, 1.54) is 12.3 Å². The van der Waals surface area contributed by atoms with Gasteiger partial charge in [0.25, 0.3) is 0 Å². The number of hydrogen-bond donors (Lipinski definition) is 1. The molecule has 0 saturated carbocycles. The second-order valence-electron chi connectivity index (χ2n) is 3.98. The lowest BCUT2D eigenvalue weighted by Crippen LogP contribution is -2.17. The van der Waals surface area contributed by atoms with Crippen LogP contribution < -0.4 is 10.1 Å². The van der Waals surface area contributed by atoms with Gasteiger partial charge in [-0.25, -0.2) is 14.6 Å². The van der Waals surface area contributed by atoms with Crippen LogP contribution in [0.2, 0.25) is 0 Å². The average Bonchev–Trinajstić information content (AvgIpc) is 2.49. The van der Waals surface area contributed by atoms with Gasteiger partial charge in [0.1, 0.15) is 11.4 Å². The summed E-state index contributed by atoms with van der Waals surface area (Å²) in [4.78, 5) is 27.0. The number of hydrogen-bond acceptors (Lipinski definition) is 5. The van der Waals surface area contributed by atoms with Crippen molar-refractivity contribution in [2.75, 3.05) is 11.9 Å². The second-order valence-corrected chi connectivity index (χ2v) is 3.98. The van der Waals surface area contributed by atoms with Crippen molar-refractivity contribution >= 4 is 17.7 Å². The molecule has 0 fully saturated rings. The maximum absolute atomic E-state index is 11.7. The highest BCUT2D eigenvalue weighted by molar-refractivity contribution is 5.89. The fourth-order valence-electron chi connectivity index (χ4n) is 1.53. The third kappa shape index (κ3) is 4.31. The lowest BCUT2D eigenvalue weighted by molar-refractivity contribution is 0.0519. The van der Waals surface area contributed by atoms with Gasteiger partial charge in [-0.05, 0) is 31.2 Å². The molecule has 0 saturated heterocycles. The van der Waals surface area contributed by atoms with E-state index >= 15 is 0 Å². The van der Waals surface area contributed by atoms with Crippen LogP contribution in [0.15, 0.2) is 48.7 Å². The lowest BCUT2D eigenvalue weighted by Gasteiger charge is -2.06. The molecule has 21 heavy (non-hydrogen) atoms. The zero-order valence-corrected chi connectivity index (χ0v) is 11.4. The monoisotopic (exact) mass is 286 g/mol. The standard InChI is InChI=1S/C15H14N2O4/c1-2-20-14(18)13-9-8-11(10-16-13)17-15(19)21-12-6-4-3-5-7-12/h3-10H,2H2,1H3,(H,17,19). The number of carbonyl (C=O) groups excluding carboxylic acids is 2. The van der Waals surface area contributed by atoms with Crippen LogP contribution in [0.4, 0.5) is 10.5 Å². The molecular weight excluding hydrogens is 272 g/mol. The number of nitrogens with zero attached hydrogens (tertiary/aromatic N) is 1. The van der Waals surface area contributed by atoms with Crippen molar-refractivity contribution in [1.82, 2.24) is 4.98 Å². The predicted octanol–water partition coefficient (Wildman–Crippen LogP) is 2.87. The average molecular weight is 286 g/mol. The van der Waals surface area contributed by atoms with Gasteiger partial charge in [0.2, 0.25) is 0 Å². The summed E-state index contributed by atoms with van der Waals surface area (Å²) in [6, 6.07) is 11.7. The van der Waals surface area contributed by atoms with Crippen molar-refractivity contribution in [3.8, 4) is 5.75 Å². The van der Waals surface area contributed by atoms with Crippen LogP contribution in [-0.2, 0) is 4.74 Å². The number of carbonyl (C=O) groups is 2. The molecule has 0 unspecified atom stereocenters. The quantitative estimate of drug-likeness (QED) is 0.874. The number of nitrogens with one attached hydrogen (secondary N) is 1. The Hall–Kier alpha value is -2.89. The Balaban J connectivity index is 1.94. The van der Waals surface area contributed by atoms with Gasteiger partial charge in [0, 0.05) is 0 Å². The molecule has 0 bridgehead atoms. The van der Waals surface area contributed by atoms with Crippen LogP contribution >= 0.6 is 0 Å². The molecule has 0 aliphatic rings. The molecule has 0 atom stereocenters. The molecule has 0 aliphatic carbocycles. The Morgan fingerprint density at radius 3 is 2.52 bits per heavy atom. The van der Waals surface area contributed by atoms with E-state index in [-0.39, 0.29) is 12.3 Å². The zero-order chi connectivity index (χ0) is 15.1. The Morgan fingerprint density at radius 1 is 1.14 bits per heavy atom. The number of para-hydroxylation sites is 1. The van der Waals surface area contributed by atoms with Crippen LogP contribution in [-0.4, -0.2) is 23.7 Å². The third-order valence-corrected chi connectivity index (χ3v) is 2.45. The SMILES string of the molecule is CCOC(=O)c1ccc(NC(=O)Oc2ccccc2)cn1. The number of aromatic nitrogens is 1. The number of amides is 1. The van der Waals surface area contributed by atoms with Gasteiger partial charge in [-0.2, -0.15) is 0 Å². The van der Waals surface area contributed by atoms with E-state index in [0.29, 0.717) is 11.4 Å². The van der Waals surface area contributed by atoms with Crippen LogP contribution in [0.3, 0.4) is 0 Å². The van der Waals surface area contributed by atoms with Crippen molar-refractivity contribution in [2.24, 2.45) is 0 Å². The van der Waals surface area contributed by atoms with Crippen molar-refractivity contribution < 1.29 is 19.1 Å². The summed E-state index contributed by atoms with van der Waals surface area (Å²) in [7, 11) is 0. The summed E-state index contributed by atoms with van der Waals surface area (Å²) in [5.74, 6) is -0.0676. The minimum atomic E-state index is -0.633. The predicted molar refractivity (Wildman–Crippen MR) is 76.3 cm³/mol. The molecule has 1 N–H and O–H groups in total. The third-order valence-electron chi connectivity index (χ3n) is 2.45. The number of benzene rings is 1. The molecule has 0 spiro atoms. The van der Waals surface area contributed by atoms with Gasteiger partial charge in [-0.15, -0.1) is 0 Å². The first-order valence-electron chi connectivity index (χ1n) is 6.36. The van der Waals surface area contributed by atoms with Crippen LogP contribution in [0, 0.1) is 0 Å². The molecule has 0 radical (unpaired) electrons. The first kappa shape index (κ1) is 14.5. The summed E-state index contributed by atoms with van der Waals surface area (Å²) in [5, 5.41) is 2.51. The fraction of sp³-hybridized carbons (Fsp3) is 0.133. The maximum atomic E-state index is 11.7. The molecule has 2 rings (SSSR count).